The van der Waals surface area contributed by atoms with Crippen molar-refractivity contribution >= 4 is 17.5 Å². The van der Waals surface area contributed by atoms with E-state index in [2.05, 4.69) is 18.7 Å². The minimum absolute atomic E-state index is 0.00986. The van der Waals surface area contributed by atoms with Crippen LogP contribution < -0.4 is 10.6 Å². The van der Waals surface area contributed by atoms with E-state index in [0.717, 1.165) is 38.4 Å². The molecule has 4 rings (SSSR count). The summed E-state index contributed by atoms with van der Waals surface area (Å²) in [5, 5.41) is 0. The van der Waals surface area contributed by atoms with Crippen LogP contribution in [0.15, 0.2) is 24.3 Å². The molecule has 2 atom stereocenters. The van der Waals surface area contributed by atoms with E-state index >= 15 is 0 Å². The zero-order valence-electron chi connectivity index (χ0n) is 15.5. The first-order valence-electron chi connectivity index (χ1n) is 9.35. The number of carbonyl (C=O) groups excluding carboxylic acids is 2. The highest BCUT2D eigenvalue weighted by atomic mass is 16.5. The highest BCUT2D eigenvalue weighted by Crippen LogP contribution is 2.62. The van der Waals surface area contributed by atoms with Crippen LogP contribution >= 0.6 is 0 Å². The first-order chi connectivity index (χ1) is 12.3. The maximum atomic E-state index is 13.0. The molecule has 0 radical (unpaired) electrons. The molecule has 2 saturated heterocycles. The van der Waals surface area contributed by atoms with Crippen LogP contribution in [0.1, 0.15) is 30.6 Å². The number of hydrogen-bond acceptors (Lipinski definition) is 4. The lowest BCUT2D eigenvalue weighted by Crippen LogP contribution is -2.59. The number of nitrogens with zero attached hydrogens (tertiary/aromatic N) is 2. The van der Waals surface area contributed by atoms with Gasteiger partial charge in [-0.15, -0.1) is 0 Å². The highest BCUT2D eigenvalue weighted by Gasteiger charge is 2.66. The monoisotopic (exact) mass is 357 g/mol. The molecule has 2 amide bonds. The summed E-state index contributed by atoms with van der Waals surface area (Å²) < 4.78 is 5.38. The molecule has 1 aromatic carbocycles. The zero-order chi connectivity index (χ0) is 18.5. The van der Waals surface area contributed by atoms with Gasteiger partial charge in [-0.3, -0.25) is 9.59 Å². The van der Waals surface area contributed by atoms with Crippen molar-refractivity contribution in [1.29, 1.82) is 0 Å². The van der Waals surface area contributed by atoms with Crippen molar-refractivity contribution in [3.8, 4) is 0 Å². The number of amides is 2. The summed E-state index contributed by atoms with van der Waals surface area (Å²) in [7, 11) is 0. The molecule has 1 aromatic rings. The van der Waals surface area contributed by atoms with Crippen molar-refractivity contribution in [3.63, 3.8) is 0 Å². The van der Waals surface area contributed by atoms with Crippen molar-refractivity contribution in [2.75, 3.05) is 44.3 Å². The number of likely N-dealkylation sites (tertiary alicyclic amines) is 1. The van der Waals surface area contributed by atoms with Gasteiger partial charge in [-0.25, -0.2) is 0 Å². The quantitative estimate of drug-likeness (QED) is 0.889. The largest absolute Gasteiger partial charge is 0.378 e. The molecular weight excluding hydrogens is 330 g/mol. The van der Waals surface area contributed by atoms with E-state index in [1.807, 2.05) is 29.2 Å². The number of rotatable bonds is 3. The van der Waals surface area contributed by atoms with E-state index in [1.165, 1.54) is 0 Å². The molecule has 1 aliphatic carbocycles. The third-order valence-electron chi connectivity index (χ3n) is 6.53. The van der Waals surface area contributed by atoms with Crippen LogP contribution in [0.5, 0.6) is 0 Å². The molecule has 0 aromatic heterocycles. The molecule has 0 unspecified atom stereocenters. The third-order valence-corrected chi connectivity index (χ3v) is 6.53. The predicted octanol–water partition coefficient (Wildman–Crippen LogP) is 1.50. The van der Waals surface area contributed by atoms with E-state index in [-0.39, 0.29) is 23.1 Å². The van der Waals surface area contributed by atoms with Gasteiger partial charge in [-0.2, -0.15) is 0 Å². The molecule has 6 nitrogen and oxygen atoms in total. The molecule has 2 N–H and O–H groups in total. The Morgan fingerprint density at radius 3 is 2.35 bits per heavy atom. The summed E-state index contributed by atoms with van der Waals surface area (Å²) in [4.78, 5) is 29.1. The molecule has 2 aliphatic heterocycles. The number of fused-ring (bicyclic) bond motifs is 1. The molecule has 1 saturated carbocycles. The van der Waals surface area contributed by atoms with Crippen LogP contribution in [0, 0.1) is 16.7 Å². The fourth-order valence-electron chi connectivity index (χ4n) is 5.20. The van der Waals surface area contributed by atoms with Gasteiger partial charge in [0.25, 0.3) is 5.91 Å². The molecule has 0 spiro atoms. The number of carbonyl (C=O) groups is 2. The lowest BCUT2D eigenvalue weighted by Gasteiger charge is -2.54. The smallest absolute Gasteiger partial charge is 0.253 e. The van der Waals surface area contributed by atoms with Crippen LogP contribution in [0.4, 0.5) is 5.69 Å². The SMILES string of the molecule is CC1(C)C[C@]2(C(N)=O)CN(C(=O)c3ccc(N4CCOCC4)cc3)C[C@H]12. The van der Waals surface area contributed by atoms with E-state index in [0.29, 0.717) is 18.7 Å². The van der Waals surface area contributed by atoms with Gasteiger partial charge in [0.15, 0.2) is 0 Å². The van der Waals surface area contributed by atoms with Crippen molar-refractivity contribution in [2.45, 2.75) is 20.3 Å². The minimum Gasteiger partial charge on any atom is -0.378 e. The summed E-state index contributed by atoms with van der Waals surface area (Å²) in [5.41, 5.74) is 7.01. The maximum absolute atomic E-state index is 13.0. The number of primary amides is 1. The summed E-state index contributed by atoms with van der Waals surface area (Å²) >= 11 is 0. The maximum Gasteiger partial charge on any atom is 0.253 e. The van der Waals surface area contributed by atoms with E-state index < -0.39 is 5.41 Å². The second kappa shape index (κ2) is 5.98. The fraction of sp³-hybridized carbons (Fsp3) is 0.600. The topological polar surface area (TPSA) is 75.9 Å². The van der Waals surface area contributed by atoms with Gasteiger partial charge < -0.3 is 20.3 Å². The Morgan fingerprint density at radius 1 is 1.15 bits per heavy atom. The Labute approximate surface area is 154 Å². The zero-order valence-corrected chi connectivity index (χ0v) is 15.5. The second-order valence-corrected chi connectivity index (χ2v) is 8.57. The van der Waals surface area contributed by atoms with Gasteiger partial charge >= 0.3 is 0 Å². The molecular formula is C20H27N3O3. The Bertz CT molecular complexity index is 724. The summed E-state index contributed by atoms with van der Waals surface area (Å²) in [6.07, 6.45) is 0.764. The highest BCUT2D eigenvalue weighted by molar-refractivity contribution is 5.96. The number of morpholine rings is 1. The van der Waals surface area contributed by atoms with Gasteiger partial charge in [-0.1, -0.05) is 13.8 Å². The van der Waals surface area contributed by atoms with Crippen LogP contribution in [-0.2, 0) is 9.53 Å². The van der Waals surface area contributed by atoms with Crippen molar-refractivity contribution in [3.05, 3.63) is 29.8 Å². The second-order valence-electron chi connectivity index (χ2n) is 8.57. The van der Waals surface area contributed by atoms with Crippen molar-refractivity contribution < 1.29 is 14.3 Å². The normalized spacial score (nSPS) is 29.8. The van der Waals surface area contributed by atoms with Crippen LogP contribution in [0.2, 0.25) is 0 Å². The van der Waals surface area contributed by atoms with Crippen molar-refractivity contribution in [2.24, 2.45) is 22.5 Å². The lowest BCUT2D eigenvalue weighted by molar-refractivity contribution is -0.148. The average Bonchev–Trinajstić information content (AvgIpc) is 2.98. The van der Waals surface area contributed by atoms with Gasteiger partial charge in [0.2, 0.25) is 5.91 Å². The van der Waals surface area contributed by atoms with Crippen LogP contribution in [-0.4, -0.2) is 56.1 Å². The fourth-order valence-corrected chi connectivity index (χ4v) is 5.20. The summed E-state index contributed by atoms with van der Waals surface area (Å²) in [6.45, 7) is 8.59. The summed E-state index contributed by atoms with van der Waals surface area (Å²) in [6, 6.07) is 7.76. The van der Waals surface area contributed by atoms with Gasteiger partial charge in [0.1, 0.15) is 0 Å². The minimum atomic E-state index is -0.535. The molecule has 140 valence electrons. The Morgan fingerprint density at radius 2 is 1.81 bits per heavy atom. The van der Waals surface area contributed by atoms with E-state index in [9.17, 15) is 9.59 Å². The molecule has 3 aliphatic rings. The van der Waals surface area contributed by atoms with Crippen LogP contribution in [0.25, 0.3) is 0 Å². The summed E-state index contributed by atoms with van der Waals surface area (Å²) in [5.74, 6) is -0.117. The Kier molecular flexibility index (Phi) is 3.99. The van der Waals surface area contributed by atoms with Gasteiger partial charge in [0, 0.05) is 37.4 Å². The number of nitrogens with two attached hydrogens (primary N) is 1. The van der Waals surface area contributed by atoms with Crippen molar-refractivity contribution in [1.82, 2.24) is 4.90 Å². The number of benzene rings is 1. The van der Waals surface area contributed by atoms with Gasteiger partial charge in [-0.05, 0) is 42.0 Å². The number of anilines is 1. The molecule has 26 heavy (non-hydrogen) atoms. The lowest BCUT2D eigenvalue weighted by atomic mass is 9.48. The first-order valence-corrected chi connectivity index (χ1v) is 9.35. The predicted molar refractivity (Wildman–Crippen MR) is 98.9 cm³/mol. The molecule has 2 heterocycles. The van der Waals surface area contributed by atoms with E-state index in [4.69, 9.17) is 10.5 Å². The third kappa shape index (κ3) is 2.58. The van der Waals surface area contributed by atoms with E-state index in [1.54, 1.807) is 0 Å². The Hall–Kier alpha value is -2.08. The number of ether oxygens (including phenoxy) is 1. The molecule has 6 heteroatoms. The average molecular weight is 357 g/mol. The van der Waals surface area contributed by atoms with Crippen LogP contribution in [0.3, 0.4) is 0 Å². The molecule has 0 bridgehead atoms. The first kappa shape index (κ1) is 17.3. The standard InChI is InChI=1S/C20H27N3O3/c1-19(2)12-20(18(21)25)13-23(11-16(19)20)17(24)14-3-5-15(6-4-14)22-7-9-26-10-8-22/h3-6,16H,7-13H2,1-2H3,(H2,21,25)/t16-,20+/m1/s1. The Balaban J connectivity index is 1.49. The molecule has 3 fully saturated rings. The van der Waals surface area contributed by atoms with Gasteiger partial charge in [0.05, 0.1) is 18.6 Å². The number of hydrogen-bond donors (Lipinski definition) is 1.